The summed E-state index contributed by atoms with van der Waals surface area (Å²) in [7, 11) is 1.28. The molecule has 1 aromatic heterocycles. The number of aryl methyl sites for hydroxylation is 1. The third-order valence-electron chi connectivity index (χ3n) is 3.01. The van der Waals surface area contributed by atoms with Crippen molar-refractivity contribution in [3.8, 4) is 22.9 Å². The van der Waals surface area contributed by atoms with Gasteiger partial charge in [0.2, 0.25) is 0 Å². The molecule has 6 nitrogen and oxygen atoms in total. The van der Waals surface area contributed by atoms with Crippen molar-refractivity contribution in [3.63, 3.8) is 0 Å². The highest BCUT2D eigenvalue weighted by atomic mass is 16.6. The van der Waals surface area contributed by atoms with Crippen LogP contribution < -0.4 is 10.3 Å². The second-order valence-corrected chi connectivity index (χ2v) is 4.57. The lowest BCUT2D eigenvalue weighted by Gasteiger charge is -2.09. The molecule has 112 valence electrons. The van der Waals surface area contributed by atoms with Crippen molar-refractivity contribution in [2.24, 2.45) is 0 Å². The van der Waals surface area contributed by atoms with Gasteiger partial charge in [0.05, 0.1) is 7.11 Å². The number of hydrogen-bond acceptors (Lipinski definition) is 5. The Balaban J connectivity index is 2.40. The van der Waals surface area contributed by atoms with E-state index in [4.69, 9.17) is 10.00 Å². The number of hydrogen-bond donors (Lipinski definition) is 1. The predicted octanol–water partition coefficient (Wildman–Crippen LogP) is 1.77. The zero-order chi connectivity index (χ0) is 16.1. The molecule has 0 bridgehead atoms. The van der Waals surface area contributed by atoms with Gasteiger partial charge in [0.1, 0.15) is 17.4 Å². The molecule has 1 N–H and O–H groups in total. The van der Waals surface area contributed by atoms with Gasteiger partial charge in [-0.25, -0.2) is 4.79 Å². The minimum absolute atomic E-state index is 0.0377. The molecule has 1 heterocycles. The van der Waals surface area contributed by atoms with E-state index in [1.54, 1.807) is 37.3 Å². The van der Waals surface area contributed by atoms with Crippen molar-refractivity contribution >= 4 is 5.97 Å². The van der Waals surface area contributed by atoms with Gasteiger partial charge >= 0.3 is 5.97 Å². The molecule has 6 heteroatoms. The number of H-pyrrole nitrogens is 1. The molecule has 2 rings (SSSR count). The van der Waals surface area contributed by atoms with E-state index in [0.29, 0.717) is 22.6 Å². The minimum atomic E-state index is -0.491. The Morgan fingerprint density at radius 3 is 2.82 bits per heavy atom. The van der Waals surface area contributed by atoms with Crippen LogP contribution >= 0.6 is 0 Å². The summed E-state index contributed by atoms with van der Waals surface area (Å²) < 4.78 is 9.81. The van der Waals surface area contributed by atoms with E-state index in [2.05, 4.69) is 9.72 Å². The Bertz CT molecular complexity index is 803. The maximum absolute atomic E-state index is 11.8. The number of esters is 1. The highest BCUT2D eigenvalue weighted by Crippen LogP contribution is 2.25. The van der Waals surface area contributed by atoms with Crippen molar-refractivity contribution in [2.75, 3.05) is 13.7 Å². The lowest BCUT2D eigenvalue weighted by Crippen LogP contribution is -2.13. The number of methoxy groups -OCH3 is 1. The monoisotopic (exact) mass is 298 g/mol. The van der Waals surface area contributed by atoms with Gasteiger partial charge in [-0.1, -0.05) is 12.1 Å². The fourth-order valence-corrected chi connectivity index (χ4v) is 1.98. The summed E-state index contributed by atoms with van der Waals surface area (Å²) in [6.45, 7) is 1.53. The smallest absolute Gasteiger partial charge is 0.343 e. The first-order valence-corrected chi connectivity index (χ1v) is 6.49. The third-order valence-corrected chi connectivity index (χ3v) is 3.01. The molecule has 1 aromatic carbocycles. The van der Waals surface area contributed by atoms with E-state index >= 15 is 0 Å². The molecule has 22 heavy (non-hydrogen) atoms. The summed E-state index contributed by atoms with van der Waals surface area (Å²) in [4.78, 5) is 25.5. The Kier molecular flexibility index (Phi) is 4.59. The predicted molar refractivity (Wildman–Crippen MR) is 79.5 cm³/mol. The first-order valence-electron chi connectivity index (χ1n) is 6.49. The van der Waals surface area contributed by atoms with E-state index in [1.807, 2.05) is 6.07 Å². The highest BCUT2D eigenvalue weighted by molar-refractivity contribution is 5.72. The van der Waals surface area contributed by atoms with Crippen LogP contribution in [0.4, 0.5) is 0 Å². The summed E-state index contributed by atoms with van der Waals surface area (Å²) in [5.41, 5.74) is 1.44. The number of nitrogens with zero attached hydrogens (tertiary/aromatic N) is 1. The lowest BCUT2D eigenvalue weighted by molar-refractivity contribution is -0.142. The summed E-state index contributed by atoms with van der Waals surface area (Å²) >= 11 is 0. The van der Waals surface area contributed by atoms with Crippen LogP contribution in [0, 0.1) is 18.3 Å². The molecule has 0 aliphatic heterocycles. The molecular formula is C16H14N2O4. The number of carbonyl (C=O) groups excluding carboxylic acids is 1. The minimum Gasteiger partial charge on any atom is -0.482 e. The number of pyridine rings is 1. The molecule has 0 saturated heterocycles. The third kappa shape index (κ3) is 3.33. The van der Waals surface area contributed by atoms with Crippen molar-refractivity contribution in [1.82, 2.24) is 4.98 Å². The zero-order valence-electron chi connectivity index (χ0n) is 12.2. The van der Waals surface area contributed by atoms with Gasteiger partial charge in [0.25, 0.3) is 5.56 Å². The molecule has 0 spiro atoms. The van der Waals surface area contributed by atoms with Crippen LogP contribution in [-0.4, -0.2) is 24.7 Å². The maximum Gasteiger partial charge on any atom is 0.343 e. The van der Waals surface area contributed by atoms with E-state index in [-0.39, 0.29) is 12.2 Å². The largest absolute Gasteiger partial charge is 0.482 e. The van der Waals surface area contributed by atoms with Crippen LogP contribution in [0.1, 0.15) is 11.3 Å². The number of aromatic amines is 1. The molecule has 0 fully saturated rings. The van der Waals surface area contributed by atoms with E-state index < -0.39 is 11.5 Å². The topological polar surface area (TPSA) is 92.2 Å². The number of carbonyl (C=O) groups is 1. The molecule has 0 saturated carbocycles. The Morgan fingerprint density at radius 1 is 1.36 bits per heavy atom. The number of rotatable bonds is 4. The molecule has 0 aliphatic rings. The first kappa shape index (κ1) is 15.3. The second-order valence-electron chi connectivity index (χ2n) is 4.57. The van der Waals surface area contributed by atoms with Crippen molar-refractivity contribution < 1.29 is 14.3 Å². The summed E-state index contributed by atoms with van der Waals surface area (Å²) in [6, 6.07) is 10.5. The normalized spacial score (nSPS) is 9.86. The quantitative estimate of drug-likeness (QED) is 0.868. The van der Waals surface area contributed by atoms with E-state index in [0.717, 1.165) is 0 Å². The number of aromatic nitrogens is 1. The standard InChI is InChI=1S/C16H14N2O4/c1-10-6-13(14(8-17)16(20)18-10)11-4-3-5-12(7-11)22-9-15(19)21-2/h3-7H,9H2,1-2H3,(H,18,20). The van der Waals surface area contributed by atoms with Gasteiger partial charge in [0.15, 0.2) is 6.61 Å². The molecule has 0 amide bonds. The van der Waals surface area contributed by atoms with Crippen LogP contribution in [0.15, 0.2) is 35.1 Å². The molecule has 0 atom stereocenters. The molecular weight excluding hydrogens is 284 g/mol. The second kappa shape index (κ2) is 6.59. The summed E-state index contributed by atoms with van der Waals surface area (Å²) in [6.07, 6.45) is 0. The molecule has 0 aliphatic carbocycles. The average molecular weight is 298 g/mol. The number of nitrogens with one attached hydrogen (secondary N) is 1. The Labute approximate surface area is 126 Å². The van der Waals surface area contributed by atoms with Gasteiger partial charge in [0, 0.05) is 11.3 Å². The maximum atomic E-state index is 11.8. The van der Waals surface area contributed by atoms with Crippen LogP contribution in [-0.2, 0) is 9.53 Å². The molecule has 0 radical (unpaired) electrons. The van der Waals surface area contributed by atoms with Crippen LogP contribution in [0.5, 0.6) is 5.75 Å². The number of benzene rings is 1. The van der Waals surface area contributed by atoms with Gasteiger partial charge in [-0.3, -0.25) is 4.79 Å². The SMILES string of the molecule is COC(=O)COc1cccc(-c2cc(C)[nH]c(=O)c2C#N)c1. The lowest BCUT2D eigenvalue weighted by atomic mass is 10.0. The first-order chi connectivity index (χ1) is 10.5. The zero-order valence-corrected chi connectivity index (χ0v) is 12.2. The van der Waals surface area contributed by atoms with Crippen molar-refractivity contribution in [1.29, 1.82) is 5.26 Å². The Morgan fingerprint density at radius 2 is 2.14 bits per heavy atom. The van der Waals surface area contributed by atoms with Crippen LogP contribution in [0.2, 0.25) is 0 Å². The van der Waals surface area contributed by atoms with Crippen LogP contribution in [0.25, 0.3) is 11.1 Å². The van der Waals surface area contributed by atoms with Gasteiger partial charge in [-0.2, -0.15) is 5.26 Å². The van der Waals surface area contributed by atoms with E-state index in [1.165, 1.54) is 7.11 Å². The average Bonchev–Trinajstić information content (AvgIpc) is 2.52. The summed E-state index contributed by atoms with van der Waals surface area (Å²) in [5.74, 6) is -0.0418. The fourth-order valence-electron chi connectivity index (χ4n) is 1.98. The summed E-state index contributed by atoms with van der Waals surface area (Å²) in [5, 5.41) is 9.17. The van der Waals surface area contributed by atoms with Gasteiger partial charge < -0.3 is 14.5 Å². The fraction of sp³-hybridized carbons (Fsp3) is 0.188. The molecule has 0 unspecified atom stereocenters. The van der Waals surface area contributed by atoms with Gasteiger partial charge in [-0.05, 0) is 30.7 Å². The molecule has 2 aromatic rings. The van der Waals surface area contributed by atoms with Crippen molar-refractivity contribution in [2.45, 2.75) is 6.92 Å². The number of nitriles is 1. The van der Waals surface area contributed by atoms with Crippen LogP contribution in [0.3, 0.4) is 0 Å². The number of ether oxygens (including phenoxy) is 2. The van der Waals surface area contributed by atoms with Gasteiger partial charge in [-0.15, -0.1) is 0 Å². The Hall–Kier alpha value is -3.07. The van der Waals surface area contributed by atoms with E-state index in [9.17, 15) is 9.59 Å². The van der Waals surface area contributed by atoms with Crippen molar-refractivity contribution in [3.05, 3.63) is 51.9 Å². The highest BCUT2D eigenvalue weighted by Gasteiger charge is 2.11.